The second-order valence-electron chi connectivity index (χ2n) is 5.35. The SMILES string of the molecule is Cn1cc(-c2cccs2)nc1CCNS(=O)(=O)c1ccc(F)c(Cl)c1. The van der Waals surface area contributed by atoms with Crippen LogP contribution in [0.4, 0.5) is 4.39 Å². The Morgan fingerprint density at radius 3 is 2.84 bits per heavy atom. The van der Waals surface area contributed by atoms with Gasteiger partial charge in [0.1, 0.15) is 11.6 Å². The van der Waals surface area contributed by atoms with Crippen LogP contribution in [0, 0.1) is 5.82 Å². The highest BCUT2D eigenvalue weighted by molar-refractivity contribution is 7.89. The van der Waals surface area contributed by atoms with Gasteiger partial charge < -0.3 is 4.57 Å². The average Bonchev–Trinajstić information content (AvgIpc) is 3.20. The van der Waals surface area contributed by atoms with E-state index in [-0.39, 0.29) is 16.5 Å². The summed E-state index contributed by atoms with van der Waals surface area (Å²) in [5.41, 5.74) is 0.862. The van der Waals surface area contributed by atoms with E-state index >= 15 is 0 Å². The lowest BCUT2D eigenvalue weighted by Crippen LogP contribution is -2.26. The maximum absolute atomic E-state index is 13.2. The van der Waals surface area contributed by atoms with Crippen LogP contribution in [-0.4, -0.2) is 24.5 Å². The molecule has 132 valence electrons. The van der Waals surface area contributed by atoms with E-state index in [4.69, 9.17) is 11.6 Å². The predicted octanol–water partition coefficient (Wildman–Crippen LogP) is 3.46. The van der Waals surface area contributed by atoms with Crippen LogP contribution in [0.5, 0.6) is 0 Å². The molecule has 0 saturated carbocycles. The van der Waals surface area contributed by atoms with Crippen molar-refractivity contribution in [2.24, 2.45) is 7.05 Å². The van der Waals surface area contributed by atoms with Gasteiger partial charge in [-0.15, -0.1) is 11.3 Å². The number of rotatable bonds is 6. The molecule has 2 heterocycles. The van der Waals surface area contributed by atoms with Gasteiger partial charge in [0, 0.05) is 26.2 Å². The van der Waals surface area contributed by atoms with Crippen molar-refractivity contribution in [1.82, 2.24) is 14.3 Å². The van der Waals surface area contributed by atoms with Gasteiger partial charge in [-0.25, -0.2) is 22.5 Å². The fraction of sp³-hybridized carbons (Fsp3) is 0.188. The van der Waals surface area contributed by atoms with Gasteiger partial charge in [0.15, 0.2) is 0 Å². The number of imidazole rings is 1. The van der Waals surface area contributed by atoms with Crippen molar-refractivity contribution >= 4 is 33.0 Å². The first kappa shape index (κ1) is 18.1. The summed E-state index contributed by atoms with van der Waals surface area (Å²) in [6, 6.07) is 7.24. The highest BCUT2D eigenvalue weighted by Gasteiger charge is 2.16. The molecule has 0 spiro atoms. The van der Waals surface area contributed by atoms with Crippen molar-refractivity contribution in [3.05, 3.63) is 58.6 Å². The van der Waals surface area contributed by atoms with E-state index in [0.717, 1.165) is 28.5 Å². The highest BCUT2D eigenvalue weighted by atomic mass is 35.5. The summed E-state index contributed by atoms with van der Waals surface area (Å²) in [5.74, 6) is 0.109. The largest absolute Gasteiger partial charge is 0.337 e. The van der Waals surface area contributed by atoms with Gasteiger partial charge in [-0.3, -0.25) is 0 Å². The van der Waals surface area contributed by atoms with Crippen LogP contribution < -0.4 is 4.72 Å². The third-order valence-electron chi connectivity index (χ3n) is 3.59. The number of thiophene rings is 1. The molecule has 5 nitrogen and oxygen atoms in total. The number of halogens is 2. The van der Waals surface area contributed by atoms with Crippen LogP contribution in [0.3, 0.4) is 0 Å². The molecule has 0 fully saturated rings. The van der Waals surface area contributed by atoms with Crippen molar-refractivity contribution in [3.63, 3.8) is 0 Å². The van der Waals surface area contributed by atoms with Crippen molar-refractivity contribution in [1.29, 1.82) is 0 Å². The van der Waals surface area contributed by atoms with Crippen LogP contribution in [0.2, 0.25) is 5.02 Å². The summed E-state index contributed by atoms with van der Waals surface area (Å²) in [6.45, 7) is 0.173. The van der Waals surface area contributed by atoms with Gasteiger partial charge in [-0.05, 0) is 29.6 Å². The fourth-order valence-electron chi connectivity index (χ4n) is 2.30. The van der Waals surface area contributed by atoms with Gasteiger partial charge >= 0.3 is 0 Å². The molecule has 3 rings (SSSR count). The molecule has 1 N–H and O–H groups in total. The smallest absolute Gasteiger partial charge is 0.240 e. The van der Waals surface area contributed by atoms with Crippen LogP contribution in [0.25, 0.3) is 10.6 Å². The zero-order valence-corrected chi connectivity index (χ0v) is 15.6. The molecular weight excluding hydrogens is 385 g/mol. The lowest BCUT2D eigenvalue weighted by molar-refractivity contribution is 0.579. The number of sulfonamides is 1. The van der Waals surface area contributed by atoms with E-state index in [0.29, 0.717) is 6.42 Å². The molecule has 0 radical (unpaired) electrons. The first-order valence-electron chi connectivity index (χ1n) is 7.37. The quantitative estimate of drug-likeness (QED) is 0.690. The number of nitrogens with one attached hydrogen (secondary N) is 1. The molecule has 0 saturated heterocycles. The summed E-state index contributed by atoms with van der Waals surface area (Å²) in [6.07, 6.45) is 2.34. The number of aromatic nitrogens is 2. The van der Waals surface area contributed by atoms with Crippen LogP contribution in [-0.2, 0) is 23.5 Å². The Kier molecular flexibility index (Phi) is 5.24. The molecule has 25 heavy (non-hydrogen) atoms. The van der Waals surface area contributed by atoms with E-state index < -0.39 is 15.8 Å². The number of hydrogen-bond donors (Lipinski definition) is 1. The Balaban J connectivity index is 1.67. The summed E-state index contributed by atoms with van der Waals surface area (Å²) in [7, 11) is -1.89. The number of hydrogen-bond acceptors (Lipinski definition) is 4. The molecule has 0 aliphatic carbocycles. The minimum atomic E-state index is -3.76. The number of benzene rings is 1. The first-order valence-corrected chi connectivity index (χ1v) is 10.1. The Morgan fingerprint density at radius 1 is 1.36 bits per heavy atom. The predicted molar refractivity (Wildman–Crippen MR) is 96.8 cm³/mol. The van der Waals surface area contributed by atoms with E-state index in [1.807, 2.05) is 35.3 Å². The zero-order chi connectivity index (χ0) is 18.0. The minimum absolute atomic E-state index is 0.0713. The second-order valence-corrected chi connectivity index (χ2v) is 8.48. The number of nitrogens with zero attached hydrogens (tertiary/aromatic N) is 2. The highest BCUT2D eigenvalue weighted by Crippen LogP contribution is 2.23. The van der Waals surface area contributed by atoms with Crippen molar-refractivity contribution in [3.8, 4) is 10.6 Å². The monoisotopic (exact) mass is 399 g/mol. The maximum atomic E-state index is 13.2. The number of aryl methyl sites for hydroxylation is 1. The Labute approximate surface area is 154 Å². The first-order chi connectivity index (χ1) is 11.9. The molecule has 0 aliphatic heterocycles. The Hall–Kier alpha value is -1.74. The van der Waals surface area contributed by atoms with Gasteiger partial charge in [0.05, 0.1) is 20.5 Å². The van der Waals surface area contributed by atoms with Gasteiger partial charge in [-0.1, -0.05) is 17.7 Å². The third kappa shape index (κ3) is 4.09. The van der Waals surface area contributed by atoms with E-state index in [2.05, 4.69) is 9.71 Å². The van der Waals surface area contributed by atoms with Crippen LogP contribution in [0.15, 0.2) is 46.8 Å². The topological polar surface area (TPSA) is 64.0 Å². The molecule has 0 atom stereocenters. The Bertz CT molecular complexity index is 985. The molecule has 0 amide bonds. The molecular formula is C16H15ClFN3O2S2. The van der Waals surface area contributed by atoms with Crippen molar-refractivity contribution in [2.45, 2.75) is 11.3 Å². The summed E-state index contributed by atoms with van der Waals surface area (Å²) < 4.78 is 42.0. The third-order valence-corrected chi connectivity index (χ3v) is 6.23. The zero-order valence-electron chi connectivity index (χ0n) is 13.2. The van der Waals surface area contributed by atoms with Gasteiger partial charge in [0.25, 0.3) is 0 Å². The molecule has 3 aromatic rings. The maximum Gasteiger partial charge on any atom is 0.240 e. The van der Waals surface area contributed by atoms with Crippen molar-refractivity contribution in [2.75, 3.05) is 6.54 Å². The normalized spacial score (nSPS) is 11.8. The Morgan fingerprint density at radius 2 is 2.16 bits per heavy atom. The molecule has 0 aliphatic rings. The van der Waals surface area contributed by atoms with E-state index in [9.17, 15) is 12.8 Å². The van der Waals surface area contributed by atoms with E-state index in [1.54, 1.807) is 11.3 Å². The van der Waals surface area contributed by atoms with Crippen LogP contribution >= 0.6 is 22.9 Å². The minimum Gasteiger partial charge on any atom is -0.337 e. The standard InChI is InChI=1S/C16H15ClFN3O2S2/c1-21-10-14(15-3-2-8-24-15)20-16(21)6-7-19-25(22,23)11-4-5-13(18)12(17)9-11/h2-5,8-10,19H,6-7H2,1H3. The van der Waals surface area contributed by atoms with Crippen molar-refractivity contribution < 1.29 is 12.8 Å². The molecule has 0 bridgehead atoms. The molecule has 2 aromatic heterocycles. The summed E-state index contributed by atoms with van der Waals surface area (Å²) >= 11 is 7.24. The lowest BCUT2D eigenvalue weighted by atomic mass is 10.3. The molecule has 9 heteroatoms. The average molecular weight is 400 g/mol. The second kappa shape index (κ2) is 7.25. The summed E-state index contributed by atoms with van der Waals surface area (Å²) in [4.78, 5) is 5.53. The summed E-state index contributed by atoms with van der Waals surface area (Å²) in [5, 5.41) is 1.75. The van der Waals surface area contributed by atoms with Crippen LogP contribution in [0.1, 0.15) is 5.82 Å². The molecule has 0 unspecified atom stereocenters. The van der Waals surface area contributed by atoms with Gasteiger partial charge in [0.2, 0.25) is 10.0 Å². The fourth-order valence-corrected chi connectivity index (χ4v) is 4.29. The molecule has 1 aromatic carbocycles. The van der Waals surface area contributed by atoms with Gasteiger partial charge in [-0.2, -0.15) is 0 Å². The van der Waals surface area contributed by atoms with E-state index in [1.165, 1.54) is 6.07 Å². The lowest BCUT2D eigenvalue weighted by Gasteiger charge is -2.07.